The number of rotatable bonds is 9. The average molecular weight is 325 g/mol. The maximum atomic E-state index is 5.71. The van der Waals surface area contributed by atoms with E-state index < -0.39 is 0 Å². The Morgan fingerprint density at radius 2 is 1.25 bits per heavy atom. The smallest absolute Gasteiger partial charge is 0.0237 e. The van der Waals surface area contributed by atoms with Crippen LogP contribution in [-0.4, -0.2) is 11.4 Å². The minimum Gasteiger partial charge on any atom is -0.326 e. The Balaban J connectivity index is 2.09. The Labute approximate surface area is 147 Å². The molecule has 2 aromatic rings. The van der Waals surface area contributed by atoms with E-state index in [1.54, 1.807) is 0 Å². The monoisotopic (exact) mass is 324 g/mol. The maximum Gasteiger partial charge on any atom is 0.0237 e. The molecular formula is C22H32N2. The van der Waals surface area contributed by atoms with E-state index in [4.69, 9.17) is 5.73 Å². The molecule has 0 aliphatic carbocycles. The number of aryl methyl sites for hydroxylation is 1. The highest BCUT2D eigenvalue weighted by Gasteiger charge is 2.13. The summed E-state index contributed by atoms with van der Waals surface area (Å²) in [6.45, 7) is 10.5. The number of nitrogens with zero attached hydrogens (tertiary/aromatic N) is 1. The van der Waals surface area contributed by atoms with E-state index in [9.17, 15) is 0 Å². The fourth-order valence-corrected chi connectivity index (χ4v) is 3.09. The van der Waals surface area contributed by atoms with Crippen LogP contribution >= 0.6 is 0 Å². The van der Waals surface area contributed by atoms with E-state index in [-0.39, 0.29) is 0 Å². The van der Waals surface area contributed by atoms with Gasteiger partial charge in [0, 0.05) is 26.2 Å². The summed E-state index contributed by atoms with van der Waals surface area (Å²) in [6, 6.07) is 17.7. The minimum atomic E-state index is 0.612. The summed E-state index contributed by atoms with van der Waals surface area (Å²) in [5.74, 6) is 0.763. The first-order valence-corrected chi connectivity index (χ1v) is 9.20. The molecule has 130 valence electrons. The molecule has 2 N–H and O–H groups in total. The minimum absolute atomic E-state index is 0.612. The van der Waals surface area contributed by atoms with Gasteiger partial charge in [0.25, 0.3) is 0 Å². The molecule has 0 unspecified atom stereocenters. The average Bonchev–Trinajstić information content (AvgIpc) is 2.62. The molecule has 0 radical (unpaired) electrons. The van der Waals surface area contributed by atoms with Crippen LogP contribution in [-0.2, 0) is 19.6 Å². The van der Waals surface area contributed by atoms with Crippen molar-refractivity contribution >= 4 is 0 Å². The van der Waals surface area contributed by atoms with Gasteiger partial charge in [0.05, 0.1) is 0 Å². The Kier molecular flexibility index (Phi) is 7.48. The highest BCUT2D eigenvalue weighted by molar-refractivity contribution is 5.23. The second-order valence-electron chi connectivity index (χ2n) is 6.86. The first-order chi connectivity index (χ1) is 11.6. The van der Waals surface area contributed by atoms with Gasteiger partial charge in [0.1, 0.15) is 0 Å². The van der Waals surface area contributed by atoms with Crippen LogP contribution in [0.4, 0.5) is 0 Å². The van der Waals surface area contributed by atoms with Crippen LogP contribution in [0.2, 0.25) is 0 Å². The van der Waals surface area contributed by atoms with Crippen LogP contribution in [0.3, 0.4) is 0 Å². The lowest BCUT2D eigenvalue weighted by Gasteiger charge is -2.27. The largest absolute Gasteiger partial charge is 0.326 e. The van der Waals surface area contributed by atoms with Crippen molar-refractivity contribution in [1.29, 1.82) is 0 Å². The summed E-state index contributed by atoms with van der Waals surface area (Å²) in [5, 5.41) is 0. The van der Waals surface area contributed by atoms with E-state index >= 15 is 0 Å². The van der Waals surface area contributed by atoms with Crippen molar-refractivity contribution in [3.63, 3.8) is 0 Å². The Hall–Kier alpha value is -1.64. The molecule has 2 rings (SSSR count). The molecule has 2 nitrogen and oxygen atoms in total. The topological polar surface area (TPSA) is 29.3 Å². The third kappa shape index (κ3) is 5.77. The summed E-state index contributed by atoms with van der Waals surface area (Å²) in [4.78, 5) is 2.58. The summed E-state index contributed by atoms with van der Waals surface area (Å²) in [5.41, 5.74) is 11.0. The molecule has 0 atom stereocenters. The molecule has 24 heavy (non-hydrogen) atoms. The SMILES string of the molecule is CCC(CC)CN(Cc1ccc(C)cc1)Cc1ccc(CN)cc1. The number of nitrogens with two attached hydrogens (primary N) is 1. The lowest BCUT2D eigenvalue weighted by molar-refractivity contribution is 0.208. The standard InChI is InChI=1S/C22H32N2/c1-4-19(5-2)15-24(16-21-8-6-18(3)7-9-21)17-22-12-10-20(14-23)11-13-22/h6-13,19H,4-5,14-17,23H2,1-3H3. The van der Waals surface area contributed by atoms with Gasteiger partial charge in [-0.2, -0.15) is 0 Å². The molecule has 0 aliphatic rings. The van der Waals surface area contributed by atoms with Crippen LogP contribution in [0, 0.1) is 12.8 Å². The molecule has 0 saturated carbocycles. The van der Waals surface area contributed by atoms with E-state index in [0.717, 1.165) is 25.6 Å². The zero-order chi connectivity index (χ0) is 17.4. The molecule has 0 aromatic heterocycles. The van der Waals surface area contributed by atoms with Crippen LogP contribution in [0.25, 0.3) is 0 Å². The van der Waals surface area contributed by atoms with Crippen molar-refractivity contribution in [3.8, 4) is 0 Å². The number of hydrogen-bond acceptors (Lipinski definition) is 2. The highest BCUT2D eigenvalue weighted by Crippen LogP contribution is 2.17. The fraction of sp³-hybridized carbons (Fsp3) is 0.455. The van der Waals surface area contributed by atoms with Crippen LogP contribution < -0.4 is 5.73 Å². The summed E-state index contributed by atoms with van der Waals surface area (Å²) in [6.07, 6.45) is 2.49. The van der Waals surface area contributed by atoms with E-state index in [1.807, 2.05) is 0 Å². The van der Waals surface area contributed by atoms with Gasteiger partial charge in [-0.25, -0.2) is 0 Å². The second-order valence-corrected chi connectivity index (χ2v) is 6.86. The van der Waals surface area contributed by atoms with Gasteiger partial charge >= 0.3 is 0 Å². The van der Waals surface area contributed by atoms with Crippen molar-refractivity contribution in [2.45, 2.75) is 53.2 Å². The quantitative estimate of drug-likeness (QED) is 0.711. The summed E-state index contributed by atoms with van der Waals surface area (Å²) in [7, 11) is 0. The van der Waals surface area contributed by atoms with Crippen molar-refractivity contribution in [2.75, 3.05) is 6.54 Å². The van der Waals surface area contributed by atoms with E-state index in [2.05, 4.69) is 74.2 Å². The first-order valence-electron chi connectivity index (χ1n) is 9.20. The Bertz CT molecular complexity index is 582. The van der Waals surface area contributed by atoms with Crippen molar-refractivity contribution in [2.24, 2.45) is 11.7 Å². The van der Waals surface area contributed by atoms with Gasteiger partial charge in [-0.3, -0.25) is 4.90 Å². The predicted octanol–water partition coefficient (Wildman–Crippen LogP) is 4.89. The zero-order valence-electron chi connectivity index (χ0n) is 15.5. The fourth-order valence-electron chi connectivity index (χ4n) is 3.09. The normalized spacial score (nSPS) is 11.4. The number of hydrogen-bond donors (Lipinski definition) is 1. The van der Waals surface area contributed by atoms with Gasteiger partial charge in [-0.1, -0.05) is 80.8 Å². The Morgan fingerprint density at radius 1 is 0.792 bits per heavy atom. The molecule has 0 fully saturated rings. The summed E-state index contributed by atoms with van der Waals surface area (Å²) >= 11 is 0. The molecule has 0 bridgehead atoms. The molecule has 2 heteroatoms. The third-order valence-electron chi connectivity index (χ3n) is 4.86. The molecule has 0 heterocycles. The van der Waals surface area contributed by atoms with Gasteiger partial charge < -0.3 is 5.73 Å². The van der Waals surface area contributed by atoms with Gasteiger partial charge in [0.15, 0.2) is 0 Å². The van der Waals surface area contributed by atoms with Gasteiger partial charge in [-0.05, 0) is 29.5 Å². The lowest BCUT2D eigenvalue weighted by atomic mass is 10.0. The molecular weight excluding hydrogens is 292 g/mol. The van der Waals surface area contributed by atoms with E-state index in [1.165, 1.54) is 35.1 Å². The van der Waals surface area contributed by atoms with Gasteiger partial charge in [-0.15, -0.1) is 0 Å². The van der Waals surface area contributed by atoms with E-state index in [0.29, 0.717) is 6.54 Å². The molecule has 0 saturated heterocycles. The predicted molar refractivity (Wildman–Crippen MR) is 104 cm³/mol. The lowest BCUT2D eigenvalue weighted by Crippen LogP contribution is -2.28. The van der Waals surface area contributed by atoms with Crippen molar-refractivity contribution < 1.29 is 0 Å². The van der Waals surface area contributed by atoms with Crippen LogP contribution in [0.15, 0.2) is 48.5 Å². The van der Waals surface area contributed by atoms with Crippen LogP contribution in [0.1, 0.15) is 48.9 Å². The maximum absolute atomic E-state index is 5.71. The zero-order valence-corrected chi connectivity index (χ0v) is 15.5. The first kappa shape index (κ1) is 18.7. The van der Waals surface area contributed by atoms with Crippen LogP contribution in [0.5, 0.6) is 0 Å². The second kappa shape index (κ2) is 9.61. The number of benzene rings is 2. The Morgan fingerprint density at radius 3 is 1.71 bits per heavy atom. The van der Waals surface area contributed by atoms with Crippen molar-refractivity contribution in [1.82, 2.24) is 4.90 Å². The summed E-state index contributed by atoms with van der Waals surface area (Å²) < 4.78 is 0. The molecule has 2 aromatic carbocycles. The highest BCUT2D eigenvalue weighted by atomic mass is 15.1. The third-order valence-corrected chi connectivity index (χ3v) is 4.86. The van der Waals surface area contributed by atoms with Crippen molar-refractivity contribution in [3.05, 3.63) is 70.8 Å². The molecule has 0 aliphatic heterocycles. The molecule has 0 amide bonds. The molecule has 0 spiro atoms. The van der Waals surface area contributed by atoms with Gasteiger partial charge in [0.2, 0.25) is 0 Å².